The van der Waals surface area contributed by atoms with Crippen molar-refractivity contribution in [1.82, 2.24) is 33.6 Å². The fourth-order valence-corrected chi connectivity index (χ4v) is 8.01. The Morgan fingerprint density at radius 2 is 1.76 bits per heavy atom. The minimum Gasteiger partial charge on any atom is -0.465 e. The van der Waals surface area contributed by atoms with Crippen LogP contribution >= 0.6 is 0 Å². The average molecular weight is 544 g/mol. The van der Waals surface area contributed by atoms with Gasteiger partial charge in [0.15, 0.2) is 5.65 Å². The first-order chi connectivity index (χ1) is 17.9. The Bertz CT molecular complexity index is 1450. The Labute approximate surface area is 223 Å². The van der Waals surface area contributed by atoms with Crippen LogP contribution in [0, 0.1) is 12.3 Å². The van der Waals surface area contributed by atoms with Crippen molar-refractivity contribution in [3.63, 3.8) is 0 Å². The van der Waals surface area contributed by atoms with Gasteiger partial charge in [0.2, 0.25) is 10.0 Å². The molecule has 0 aromatic carbocycles. The molecular weight excluding hydrogens is 506 g/mol. The van der Waals surface area contributed by atoms with E-state index in [2.05, 4.69) is 22.1 Å². The zero-order valence-electron chi connectivity index (χ0n) is 22.7. The number of rotatable bonds is 4. The lowest BCUT2D eigenvalue weighted by molar-refractivity contribution is 0.0513. The molecular formula is C26H37N7O4S. The summed E-state index contributed by atoms with van der Waals surface area (Å²) in [6.45, 7) is 9.38. The van der Waals surface area contributed by atoms with Crippen LogP contribution in [0.15, 0.2) is 29.7 Å². The molecule has 206 valence electrons. The van der Waals surface area contributed by atoms with Crippen LogP contribution in [-0.2, 0) is 17.1 Å². The molecule has 5 heterocycles. The van der Waals surface area contributed by atoms with Gasteiger partial charge >= 0.3 is 6.09 Å². The minimum atomic E-state index is -3.75. The second-order valence-corrected chi connectivity index (χ2v) is 13.7. The van der Waals surface area contributed by atoms with E-state index in [-0.39, 0.29) is 28.2 Å². The van der Waals surface area contributed by atoms with E-state index >= 15 is 0 Å². The lowest BCUT2D eigenvalue weighted by atomic mass is 9.76. The Hall–Kier alpha value is -2.99. The van der Waals surface area contributed by atoms with E-state index in [0.29, 0.717) is 38.2 Å². The Balaban J connectivity index is 1.36. The van der Waals surface area contributed by atoms with Crippen LogP contribution in [0.1, 0.15) is 75.1 Å². The van der Waals surface area contributed by atoms with Gasteiger partial charge in [0.1, 0.15) is 11.2 Å². The first-order valence-corrected chi connectivity index (χ1v) is 14.6. The van der Waals surface area contributed by atoms with E-state index in [1.807, 2.05) is 33.0 Å². The zero-order valence-corrected chi connectivity index (χ0v) is 23.5. The molecule has 0 bridgehead atoms. The molecule has 38 heavy (non-hydrogen) atoms. The molecule has 3 aromatic rings. The average Bonchev–Trinajstić information content (AvgIpc) is 3.48. The van der Waals surface area contributed by atoms with Gasteiger partial charge in [-0.2, -0.15) is 14.5 Å². The molecule has 2 atom stereocenters. The number of carboxylic acid groups (broad SMARTS) is 1. The fraction of sp³-hybridized carbons (Fsp3) is 0.615. The summed E-state index contributed by atoms with van der Waals surface area (Å²) in [5, 5.41) is 18.4. The van der Waals surface area contributed by atoms with Gasteiger partial charge in [0, 0.05) is 44.8 Å². The molecule has 2 aliphatic rings. The van der Waals surface area contributed by atoms with Crippen molar-refractivity contribution in [3.05, 3.63) is 41.6 Å². The number of carbonyl (C=O) groups is 1. The van der Waals surface area contributed by atoms with E-state index < -0.39 is 16.1 Å². The number of likely N-dealkylation sites (tertiary alicyclic amines) is 1. The summed E-state index contributed by atoms with van der Waals surface area (Å²) in [4.78, 5) is 17.9. The lowest BCUT2D eigenvalue weighted by Gasteiger charge is -2.44. The van der Waals surface area contributed by atoms with Crippen molar-refractivity contribution < 1.29 is 18.3 Å². The van der Waals surface area contributed by atoms with Gasteiger partial charge < -0.3 is 10.0 Å². The quantitative estimate of drug-likeness (QED) is 0.533. The van der Waals surface area contributed by atoms with E-state index in [4.69, 9.17) is 0 Å². The number of fused-ring (bicyclic) bond motifs is 1. The normalized spacial score (nSPS) is 22.3. The van der Waals surface area contributed by atoms with Crippen LogP contribution in [0.4, 0.5) is 4.79 Å². The molecule has 3 aromatic heterocycles. The first-order valence-electron chi connectivity index (χ1n) is 13.2. The number of sulfonamides is 1. The van der Waals surface area contributed by atoms with Crippen LogP contribution < -0.4 is 0 Å². The molecule has 12 heteroatoms. The largest absolute Gasteiger partial charge is 0.465 e. The lowest BCUT2D eigenvalue weighted by Crippen LogP contribution is -2.51. The number of pyridine rings is 1. The number of nitrogens with zero attached hydrogens (tertiary/aromatic N) is 7. The molecule has 2 unspecified atom stereocenters. The van der Waals surface area contributed by atoms with Crippen LogP contribution in [0.3, 0.4) is 0 Å². The van der Waals surface area contributed by atoms with Gasteiger partial charge in [0.05, 0.1) is 11.9 Å². The summed E-state index contributed by atoms with van der Waals surface area (Å²) >= 11 is 0. The summed E-state index contributed by atoms with van der Waals surface area (Å²) in [6.07, 6.45) is 6.65. The molecule has 11 nitrogen and oxygen atoms in total. The first kappa shape index (κ1) is 26.6. The third-order valence-corrected chi connectivity index (χ3v) is 10.3. The Morgan fingerprint density at radius 1 is 1.08 bits per heavy atom. The van der Waals surface area contributed by atoms with Crippen molar-refractivity contribution in [1.29, 1.82) is 0 Å². The highest BCUT2D eigenvalue weighted by Gasteiger charge is 2.42. The molecule has 1 amide bonds. The predicted octanol–water partition coefficient (Wildman–Crippen LogP) is 3.61. The van der Waals surface area contributed by atoms with Crippen LogP contribution in [0.2, 0.25) is 0 Å². The van der Waals surface area contributed by atoms with Crippen LogP contribution in [0.5, 0.6) is 0 Å². The second kappa shape index (κ2) is 9.64. The highest BCUT2D eigenvalue weighted by molar-refractivity contribution is 7.89. The number of aryl methyl sites for hydroxylation is 2. The number of hydrogen-bond donors (Lipinski definition) is 1. The molecule has 2 aliphatic heterocycles. The van der Waals surface area contributed by atoms with Crippen LogP contribution in [0.25, 0.3) is 5.65 Å². The maximum Gasteiger partial charge on any atom is 0.407 e. The van der Waals surface area contributed by atoms with Gasteiger partial charge in [-0.25, -0.2) is 22.7 Å². The van der Waals surface area contributed by atoms with E-state index in [0.717, 1.165) is 24.1 Å². The Morgan fingerprint density at radius 3 is 2.42 bits per heavy atom. The monoisotopic (exact) mass is 543 g/mol. The maximum atomic E-state index is 13.9. The molecule has 5 rings (SSSR count). The van der Waals surface area contributed by atoms with Gasteiger partial charge in [-0.15, -0.1) is 0 Å². The van der Waals surface area contributed by atoms with E-state index in [9.17, 15) is 18.3 Å². The summed E-state index contributed by atoms with van der Waals surface area (Å²) in [5.74, 6) is 0.151. The summed E-state index contributed by atoms with van der Waals surface area (Å²) in [6, 6.07) is 1.80. The molecule has 2 fully saturated rings. The van der Waals surface area contributed by atoms with Crippen LogP contribution in [-0.4, -0.2) is 78.9 Å². The molecule has 0 saturated carbocycles. The van der Waals surface area contributed by atoms with Crippen molar-refractivity contribution in [3.8, 4) is 0 Å². The van der Waals surface area contributed by atoms with Crippen molar-refractivity contribution >= 4 is 21.8 Å². The Kier molecular flexibility index (Phi) is 6.75. The molecule has 0 aliphatic carbocycles. The van der Waals surface area contributed by atoms with Crippen molar-refractivity contribution in [2.24, 2.45) is 12.5 Å². The van der Waals surface area contributed by atoms with E-state index in [1.54, 1.807) is 20.6 Å². The smallest absolute Gasteiger partial charge is 0.407 e. The van der Waals surface area contributed by atoms with Crippen molar-refractivity contribution in [2.75, 3.05) is 19.6 Å². The maximum absolute atomic E-state index is 13.9. The summed E-state index contributed by atoms with van der Waals surface area (Å²) in [7, 11) is -1.98. The topological polar surface area (TPSA) is 126 Å². The minimum absolute atomic E-state index is 0.0957. The standard InChI is InChI=1S/C26H37N7O4S/c1-17-12-23-27-16-29-33(23)15-20(17)18-6-9-31(10-7-18)38(36,37)21-14-28-30(5)24(21)19-8-11-32(25(34)35)22(13-19)26(2,3)4/h12,14-16,18-19,22H,6-11,13H2,1-5H3,(H,34,35). The SMILES string of the molecule is Cc1cc2ncnn2cc1C1CCN(S(=O)(=O)c2cnn(C)c2C2CCN(C(=O)O)C(C(C)(C)C)C2)CC1. The predicted molar refractivity (Wildman–Crippen MR) is 142 cm³/mol. The summed E-state index contributed by atoms with van der Waals surface area (Å²) in [5.41, 5.74) is 3.53. The molecule has 1 N–H and O–H groups in total. The number of hydrogen-bond acceptors (Lipinski definition) is 6. The third-order valence-electron chi connectivity index (χ3n) is 8.36. The summed E-state index contributed by atoms with van der Waals surface area (Å²) < 4.78 is 32.8. The van der Waals surface area contributed by atoms with Gasteiger partial charge in [-0.1, -0.05) is 20.8 Å². The van der Waals surface area contributed by atoms with E-state index in [1.165, 1.54) is 23.0 Å². The van der Waals surface area contributed by atoms with Crippen molar-refractivity contribution in [2.45, 2.75) is 76.2 Å². The van der Waals surface area contributed by atoms with Gasteiger partial charge in [-0.05, 0) is 61.1 Å². The molecule has 0 spiro atoms. The highest BCUT2D eigenvalue weighted by atomic mass is 32.2. The second-order valence-electron chi connectivity index (χ2n) is 11.7. The highest BCUT2D eigenvalue weighted by Crippen LogP contribution is 2.41. The van der Waals surface area contributed by atoms with Gasteiger partial charge in [-0.3, -0.25) is 4.68 Å². The zero-order chi connectivity index (χ0) is 27.4. The molecule has 2 saturated heterocycles. The van der Waals surface area contributed by atoms with Gasteiger partial charge in [0.25, 0.3) is 0 Å². The third kappa shape index (κ3) is 4.68. The molecule has 0 radical (unpaired) electrons. The number of piperidine rings is 2. The fourth-order valence-electron chi connectivity index (χ4n) is 6.30. The number of amides is 1. The number of aromatic nitrogens is 5.